The van der Waals surface area contributed by atoms with Gasteiger partial charge in [0.15, 0.2) is 0 Å². The van der Waals surface area contributed by atoms with Crippen LogP contribution in [-0.4, -0.2) is 5.67 Å². The van der Waals surface area contributed by atoms with Crippen LogP contribution in [0.3, 0.4) is 0 Å². The highest BCUT2D eigenvalue weighted by Gasteiger charge is 2.48. The van der Waals surface area contributed by atoms with Crippen LogP contribution in [0.1, 0.15) is 78.6 Å². The maximum absolute atomic E-state index is 13.5. The molecule has 0 radical (unpaired) electrons. The van der Waals surface area contributed by atoms with E-state index in [0.717, 1.165) is 18.3 Å². The number of allylic oxidation sites excluding steroid dienone is 1. The van der Waals surface area contributed by atoms with Crippen LogP contribution in [-0.2, 0) is 0 Å². The Morgan fingerprint density at radius 1 is 1.35 bits per heavy atom. The summed E-state index contributed by atoms with van der Waals surface area (Å²) >= 11 is 3.57. The largest absolute Gasteiger partial charge is 0.245 e. The molecule has 0 bridgehead atoms. The highest BCUT2D eigenvalue weighted by Crippen LogP contribution is 2.58. The average molecular weight is 345 g/mol. The van der Waals surface area contributed by atoms with Crippen molar-refractivity contribution in [1.82, 2.24) is 0 Å². The Morgan fingerprint density at radius 3 is 2.75 bits per heavy atom. The molecule has 0 heterocycles. The Hall–Kier alpha value is 0.150. The first-order chi connectivity index (χ1) is 9.37. The van der Waals surface area contributed by atoms with Gasteiger partial charge in [-0.1, -0.05) is 41.3 Å². The fourth-order valence-electron chi connectivity index (χ4n) is 4.69. The van der Waals surface area contributed by atoms with Gasteiger partial charge in [-0.2, -0.15) is 0 Å². The molecule has 2 saturated carbocycles. The van der Waals surface area contributed by atoms with Crippen molar-refractivity contribution in [2.75, 3.05) is 0 Å². The van der Waals surface area contributed by atoms with Gasteiger partial charge in [0.05, 0.1) is 0 Å². The lowest BCUT2D eigenvalue weighted by molar-refractivity contribution is 0.125. The van der Waals surface area contributed by atoms with Gasteiger partial charge < -0.3 is 0 Å². The van der Waals surface area contributed by atoms with Gasteiger partial charge in [0.1, 0.15) is 5.67 Å². The minimum absolute atomic E-state index is 0.517. The molecule has 116 valence electrons. The molecule has 0 aliphatic heterocycles. The third kappa shape index (κ3) is 3.67. The van der Waals surface area contributed by atoms with E-state index >= 15 is 0 Å². The van der Waals surface area contributed by atoms with Crippen LogP contribution >= 0.6 is 15.9 Å². The lowest BCUT2D eigenvalue weighted by Crippen LogP contribution is -2.33. The summed E-state index contributed by atoms with van der Waals surface area (Å²) in [6, 6.07) is 0. The summed E-state index contributed by atoms with van der Waals surface area (Å²) in [5.41, 5.74) is 1.17. The molecular weight excluding hydrogens is 315 g/mol. The number of fused-ring (bicyclic) bond motifs is 1. The monoisotopic (exact) mass is 344 g/mol. The maximum atomic E-state index is 13.5. The number of rotatable bonds is 5. The standard InChI is InChI=1S/C18H30BrF/c1-17(2,20)11-5-4-8-15-9-10-16-14(13-19)7-6-12-18(15,16)3/h13,15-16H,4-12H2,1-3H3/b14-13+. The van der Waals surface area contributed by atoms with Crippen molar-refractivity contribution in [2.45, 2.75) is 84.2 Å². The molecular formula is C18H30BrF. The molecule has 0 spiro atoms. The van der Waals surface area contributed by atoms with E-state index in [4.69, 9.17) is 0 Å². The van der Waals surface area contributed by atoms with E-state index in [9.17, 15) is 4.39 Å². The third-order valence-corrected chi connectivity index (χ3v) is 6.46. The van der Waals surface area contributed by atoms with Crippen molar-refractivity contribution < 1.29 is 4.39 Å². The lowest BCUT2D eigenvalue weighted by atomic mass is 9.63. The van der Waals surface area contributed by atoms with Crippen LogP contribution in [0.15, 0.2) is 10.6 Å². The predicted molar refractivity (Wildman–Crippen MR) is 88.8 cm³/mol. The van der Waals surface area contributed by atoms with Gasteiger partial charge in [0.25, 0.3) is 0 Å². The van der Waals surface area contributed by atoms with Crippen molar-refractivity contribution in [3.05, 3.63) is 10.6 Å². The number of hydrogen-bond acceptors (Lipinski definition) is 0. The Morgan fingerprint density at radius 2 is 2.10 bits per heavy atom. The average Bonchev–Trinajstić information content (AvgIpc) is 2.70. The Kier molecular flexibility index (Phi) is 5.37. The molecule has 0 nitrogen and oxygen atoms in total. The molecule has 20 heavy (non-hydrogen) atoms. The molecule has 2 rings (SSSR count). The van der Waals surface area contributed by atoms with Crippen molar-refractivity contribution >= 4 is 15.9 Å². The van der Waals surface area contributed by atoms with Crippen molar-refractivity contribution in [2.24, 2.45) is 17.3 Å². The van der Waals surface area contributed by atoms with Gasteiger partial charge in [-0.05, 0) is 81.0 Å². The Bertz CT molecular complexity index is 355. The molecule has 2 fully saturated rings. The molecule has 3 atom stereocenters. The Labute approximate surface area is 132 Å². The summed E-state index contributed by atoms with van der Waals surface area (Å²) in [6.07, 6.45) is 11.0. The molecule has 0 aromatic rings. The number of unbranched alkanes of at least 4 members (excludes halogenated alkanes) is 1. The van der Waals surface area contributed by atoms with E-state index in [-0.39, 0.29) is 0 Å². The second-order valence-electron chi connectivity index (χ2n) is 7.83. The zero-order chi connectivity index (χ0) is 14.8. The molecule has 0 N–H and O–H groups in total. The molecule has 0 aromatic carbocycles. The quantitative estimate of drug-likeness (QED) is 0.481. The number of hydrogen-bond donors (Lipinski definition) is 0. The first kappa shape index (κ1) is 16.5. The van der Waals surface area contributed by atoms with E-state index < -0.39 is 5.67 Å². The van der Waals surface area contributed by atoms with Crippen LogP contribution in [0.25, 0.3) is 0 Å². The molecule has 3 unspecified atom stereocenters. The smallest absolute Gasteiger partial charge is 0.105 e. The summed E-state index contributed by atoms with van der Waals surface area (Å²) < 4.78 is 13.5. The number of halogens is 2. The zero-order valence-corrected chi connectivity index (χ0v) is 14.9. The van der Waals surface area contributed by atoms with E-state index in [1.807, 2.05) is 0 Å². The van der Waals surface area contributed by atoms with E-state index in [1.54, 1.807) is 19.4 Å². The topological polar surface area (TPSA) is 0 Å². The SMILES string of the molecule is CC(C)(F)CCCCC1CCC2/C(=C/Br)CCCC12C. The van der Waals surface area contributed by atoms with Crippen LogP contribution in [0.4, 0.5) is 4.39 Å². The minimum Gasteiger partial charge on any atom is -0.245 e. The highest BCUT2D eigenvalue weighted by atomic mass is 79.9. The second-order valence-corrected chi connectivity index (χ2v) is 8.29. The third-order valence-electron chi connectivity index (χ3n) is 5.87. The highest BCUT2D eigenvalue weighted by molar-refractivity contribution is 9.11. The predicted octanol–water partition coefficient (Wildman–Crippen LogP) is 6.79. The van der Waals surface area contributed by atoms with Crippen molar-refractivity contribution in [1.29, 1.82) is 0 Å². The number of alkyl halides is 1. The first-order valence-electron chi connectivity index (χ1n) is 8.35. The molecule has 0 aromatic heterocycles. The van der Waals surface area contributed by atoms with Gasteiger partial charge in [0.2, 0.25) is 0 Å². The summed E-state index contributed by atoms with van der Waals surface area (Å²) in [6.45, 7) is 5.92. The summed E-state index contributed by atoms with van der Waals surface area (Å²) in [5, 5.41) is 0. The van der Waals surface area contributed by atoms with Crippen LogP contribution in [0.5, 0.6) is 0 Å². The van der Waals surface area contributed by atoms with E-state index in [1.165, 1.54) is 44.9 Å². The van der Waals surface area contributed by atoms with Crippen molar-refractivity contribution in [3.63, 3.8) is 0 Å². The Balaban J connectivity index is 1.87. The molecule has 2 aliphatic carbocycles. The first-order valence-corrected chi connectivity index (χ1v) is 9.26. The summed E-state index contributed by atoms with van der Waals surface area (Å²) in [4.78, 5) is 2.20. The van der Waals surface area contributed by atoms with Crippen LogP contribution in [0.2, 0.25) is 0 Å². The minimum atomic E-state index is -0.987. The molecule has 2 aliphatic rings. The van der Waals surface area contributed by atoms with Gasteiger partial charge in [-0.15, -0.1) is 0 Å². The fourth-order valence-corrected chi connectivity index (χ4v) is 5.24. The van der Waals surface area contributed by atoms with E-state index in [0.29, 0.717) is 11.8 Å². The van der Waals surface area contributed by atoms with Gasteiger partial charge in [-0.25, -0.2) is 4.39 Å². The lowest BCUT2D eigenvalue weighted by Gasteiger charge is -2.42. The van der Waals surface area contributed by atoms with Gasteiger partial charge in [-0.3, -0.25) is 0 Å². The van der Waals surface area contributed by atoms with Crippen molar-refractivity contribution in [3.8, 4) is 0 Å². The normalized spacial score (nSPS) is 36.4. The van der Waals surface area contributed by atoms with Crippen LogP contribution < -0.4 is 0 Å². The second kappa shape index (κ2) is 6.50. The zero-order valence-electron chi connectivity index (χ0n) is 13.4. The molecule has 0 amide bonds. The summed E-state index contributed by atoms with van der Waals surface area (Å²) in [5.74, 6) is 1.66. The van der Waals surface area contributed by atoms with E-state index in [2.05, 4.69) is 27.8 Å². The fraction of sp³-hybridized carbons (Fsp3) is 0.889. The van der Waals surface area contributed by atoms with Gasteiger partial charge in [0, 0.05) is 0 Å². The summed E-state index contributed by atoms with van der Waals surface area (Å²) in [7, 11) is 0. The molecule has 2 heteroatoms. The maximum Gasteiger partial charge on any atom is 0.105 e. The van der Waals surface area contributed by atoms with Gasteiger partial charge >= 0.3 is 0 Å². The van der Waals surface area contributed by atoms with Crippen LogP contribution in [0, 0.1) is 17.3 Å². The molecule has 0 saturated heterocycles.